The maximum Gasteiger partial charge on any atom is 0.255 e. The highest BCUT2D eigenvalue weighted by Gasteiger charge is 2.23. The Kier molecular flexibility index (Phi) is 4.38. The Morgan fingerprint density at radius 3 is 2.22 bits per heavy atom. The van der Waals surface area contributed by atoms with Crippen molar-refractivity contribution in [2.45, 2.75) is 65.5 Å². The van der Waals surface area contributed by atoms with Crippen molar-refractivity contribution in [3.63, 3.8) is 0 Å². The molecule has 102 valence electrons. The number of nitrogens with two attached hydrogens (primary N) is 1. The van der Waals surface area contributed by atoms with Crippen molar-refractivity contribution >= 4 is 0 Å². The highest BCUT2D eigenvalue weighted by Crippen LogP contribution is 2.25. The molecule has 0 radical (unpaired) electrons. The maximum atomic E-state index is 12.6. The van der Waals surface area contributed by atoms with Crippen molar-refractivity contribution in [1.82, 2.24) is 4.57 Å². The summed E-state index contributed by atoms with van der Waals surface area (Å²) in [5.74, 6) is 0. The topological polar surface area (TPSA) is 48.0 Å². The fraction of sp³-hybridized carbons (Fsp3) is 0.667. The van der Waals surface area contributed by atoms with Gasteiger partial charge in [-0.1, -0.05) is 33.8 Å². The first-order valence-electron chi connectivity index (χ1n) is 6.71. The van der Waals surface area contributed by atoms with Crippen LogP contribution in [-0.2, 0) is 5.41 Å². The first-order valence-corrected chi connectivity index (χ1v) is 6.71. The molecule has 1 aromatic heterocycles. The van der Waals surface area contributed by atoms with Crippen molar-refractivity contribution in [3.05, 3.63) is 33.7 Å². The molecule has 1 rings (SSSR count). The van der Waals surface area contributed by atoms with Gasteiger partial charge < -0.3 is 10.3 Å². The molecular weight excluding hydrogens is 224 g/mol. The minimum Gasteiger partial charge on any atom is -0.324 e. The molecule has 1 heterocycles. The van der Waals surface area contributed by atoms with Crippen LogP contribution in [0.25, 0.3) is 0 Å². The molecular formula is C15H26N2O. The van der Waals surface area contributed by atoms with Gasteiger partial charge in [-0.05, 0) is 26.3 Å². The van der Waals surface area contributed by atoms with Gasteiger partial charge in [0.05, 0.1) is 0 Å². The minimum absolute atomic E-state index is 0.0427. The van der Waals surface area contributed by atoms with Gasteiger partial charge in [0.15, 0.2) is 0 Å². The van der Waals surface area contributed by atoms with Crippen LogP contribution in [0.1, 0.15) is 71.3 Å². The number of hydrogen-bond acceptors (Lipinski definition) is 2. The third kappa shape index (κ3) is 2.83. The second kappa shape index (κ2) is 5.27. The lowest BCUT2D eigenvalue weighted by atomic mass is 9.90. The van der Waals surface area contributed by atoms with Gasteiger partial charge >= 0.3 is 0 Å². The Labute approximate surface area is 110 Å². The van der Waals surface area contributed by atoms with Gasteiger partial charge in [0.1, 0.15) is 0 Å². The van der Waals surface area contributed by atoms with Crippen molar-refractivity contribution in [2.75, 3.05) is 0 Å². The summed E-state index contributed by atoms with van der Waals surface area (Å²) in [5.41, 5.74) is 7.66. The maximum absolute atomic E-state index is 12.6. The minimum atomic E-state index is -0.221. The zero-order valence-electron chi connectivity index (χ0n) is 12.4. The fourth-order valence-corrected chi connectivity index (χ4v) is 2.15. The molecule has 0 aliphatic rings. The highest BCUT2D eigenvalue weighted by atomic mass is 16.1. The number of rotatable bonds is 3. The van der Waals surface area contributed by atoms with E-state index in [-0.39, 0.29) is 23.1 Å². The summed E-state index contributed by atoms with van der Waals surface area (Å²) in [6, 6.07) is 3.91. The Bertz CT molecular complexity index is 466. The molecule has 0 aliphatic heterocycles. The van der Waals surface area contributed by atoms with Crippen molar-refractivity contribution in [1.29, 1.82) is 0 Å². The number of hydrogen-bond donors (Lipinski definition) is 1. The normalized spacial score (nSPS) is 15.5. The fourth-order valence-electron chi connectivity index (χ4n) is 2.15. The second-order valence-electron chi connectivity index (χ2n) is 6.15. The molecule has 3 nitrogen and oxygen atoms in total. The van der Waals surface area contributed by atoms with E-state index in [9.17, 15) is 4.79 Å². The SMILES string of the molecule is CCC(C)n1c(C(C)(C)C)ccc(C(C)N)c1=O. The van der Waals surface area contributed by atoms with Gasteiger partial charge in [-0.15, -0.1) is 0 Å². The zero-order chi connectivity index (χ0) is 14.1. The van der Waals surface area contributed by atoms with Crippen molar-refractivity contribution in [3.8, 4) is 0 Å². The molecule has 2 N–H and O–H groups in total. The van der Waals surface area contributed by atoms with Gasteiger partial charge in [0, 0.05) is 28.8 Å². The van der Waals surface area contributed by atoms with E-state index in [1.54, 1.807) is 0 Å². The third-order valence-corrected chi connectivity index (χ3v) is 3.44. The number of nitrogens with zero attached hydrogens (tertiary/aromatic N) is 1. The van der Waals surface area contributed by atoms with E-state index in [1.807, 2.05) is 23.6 Å². The largest absolute Gasteiger partial charge is 0.324 e. The van der Waals surface area contributed by atoms with E-state index in [2.05, 4.69) is 34.6 Å². The molecule has 0 aromatic carbocycles. The van der Waals surface area contributed by atoms with Crippen LogP contribution in [0, 0.1) is 0 Å². The van der Waals surface area contributed by atoms with E-state index in [1.165, 1.54) is 0 Å². The van der Waals surface area contributed by atoms with E-state index in [0.717, 1.165) is 12.1 Å². The van der Waals surface area contributed by atoms with Crippen LogP contribution < -0.4 is 11.3 Å². The lowest BCUT2D eigenvalue weighted by molar-refractivity contribution is 0.435. The quantitative estimate of drug-likeness (QED) is 0.896. The van der Waals surface area contributed by atoms with Crippen LogP contribution in [0.5, 0.6) is 0 Å². The molecule has 1 aromatic rings. The summed E-state index contributed by atoms with van der Waals surface area (Å²) >= 11 is 0. The lowest BCUT2D eigenvalue weighted by Crippen LogP contribution is -2.35. The molecule has 0 amide bonds. The molecule has 0 saturated carbocycles. The average Bonchev–Trinajstić information content (AvgIpc) is 2.25. The monoisotopic (exact) mass is 250 g/mol. The first kappa shape index (κ1) is 15.0. The smallest absolute Gasteiger partial charge is 0.255 e. The zero-order valence-corrected chi connectivity index (χ0v) is 12.4. The average molecular weight is 250 g/mol. The second-order valence-corrected chi connectivity index (χ2v) is 6.15. The van der Waals surface area contributed by atoms with Gasteiger partial charge in [0.25, 0.3) is 5.56 Å². The highest BCUT2D eigenvalue weighted by molar-refractivity contribution is 5.23. The summed E-state index contributed by atoms with van der Waals surface area (Å²) in [4.78, 5) is 12.6. The van der Waals surface area contributed by atoms with E-state index >= 15 is 0 Å². The summed E-state index contributed by atoms with van der Waals surface area (Å²) in [6.07, 6.45) is 0.936. The summed E-state index contributed by atoms with van der Waals surface area (Å²) in [5, 5.41) is 0. The van der Waals surface area contributed by atoms with E-state index in [4.69, 9.17) is 5.73 Å². The van der Waals surface area contributed by atoms with Crippen LogP contribution in [0.3, 0.4) is 0 Å². The Morgan fingerprint density at radius 2 is 1.83 bits per heavy atom. The Balaban J connectivity index is 3.57. The molecule has 0 aliphatic carbocycles. The molecule has 0 saturated heterocycles. The van der Waals surface area contributed by atoms with Gasteiger partial charge in [-0.3, -0.25) is 4.79 Å². The van der Waals surface area contributed by atoms with Crippen LogP contribution in [0.15, 0.2) is 16.9 Å². The van der Waals surface area contributed by atoms with Crippen LogP contribution in [-0.4, -0.2) is 4.57 Å². The number of aromatic nitrogens is 1. The van der Waals surface area contributed by atoms with E-state index in [0.29, 0.717) is 5.56 Å². The van der Waals surface area contributed by atoms with Crippen LogP contribution in [0.4, 0.5) is 0 Å². The molecule has 3 heteroatoms. The van der Waals surface area contributed by atoms with Crippen LogP contribution in [0.2, 0.25) is 0 Å². The summed E-state index contributed by atoms with van der Waals surface area (Å²) in [6.45, 7) is 12.4. The third-order valence-electron chi connectivity index (χ3n) is 3.44. The first-order chi connectivity index (χ1) is 8.20. The molecule has 0 bridgehead atoms. The predicted molar refractivity (Wildman–Crippen MR) is 77.0 cm³/mol. The summed E-state index contributed by atoms with van der Waals surface area (Å²) < 4.78 is 1.92. The number of pyridine rings is 1. The van der Waals surface area contributed by atoms with Crippen LogP contribution >= 0.6 is 0 Å². The van der Waals surface area contributed by atoms with Gasteiger partial charge in [-0.25, -0.2) is 0 Å². The van der Waals surface area contributed by atoms with Crippen molar-refractivity contribution < 1.29 is 0 Å². The Hall–Kier alpha value is -1.09. The standard InChI is InChI=1S/C15H26N2O/c1-7-10(2)17-13(15(4,5)6)9-8-12(11(3)16)14(17)18/h8-11H,7,16H2,1-6H3. The van der Waals surface area contributed by atoms with Gasteiger partial charge in [0.2, 0.25) is 0 Å². The van der Waals surface area contributed by atoms with E-state index < -0.39 is 0 Å². The molecule has 2 unspecified atom stereocenters. The Morgan fingerprint density at radius 1 is 1.28 bits per heavy atom. The molecule has 0 fully saturated rings. The predicted octanol–water partition coefficient (Wildman–Crippen LogP) is 3.14. The molecule has 2 atom stereocenters. The molecule has 18 heavy (non-hydrogen) atoms. The van der Waals surface area contributed by atoms with Gasteiger partial charge in [-0.2, -0.15) is 0 Å². The van der Waals surface area contributed by atoms with Crippen molar-refractivity contribution in [2.24, 2.45) is 5.73 Å². The lowest BCUT2D eigenvalue weighted by Gasteiger charge is -2.28. The molecule has 0 spiro atoms. The summed E-state index contributed by atoms with van der Waals surface area (Å²) in [7, 11) is 0.